The average molecular weight is 438 g/mol. The normalized spacial score (nSPS) is 11.7. The van der Waals surface area contributed by atoms with Crippen LogP contribution in [0.3, 0.4) is 0 Å². The van der Waals surface area contributed by atoms with Crippen LogP contribution in [-0.4, -0.2) is 29.7 Å². The van der Waals surface area contributed by atoms with Gasteiger partial charge in [0.05, 0.1) is 32.6 Å². The standard InChI is InChI=1S/C18H15F5O5S/c1-26-11-6-9(7-12(27-2)18(11)28-3)8-29(24,25)5-4-10-13(19)15(21)17(23)16(22)14(10)20/h4-7H,8H2,1-3H3. The highest BCUT2D eigenvalue weighted by Crippen LogP contribution is 2.38. The van der Waals surface area contributed by atoms with Crippen molar-refractivity contribution in [3.05, 3.63) is 57.8 Å². The van der Waals surface area contributed by atoms with Crippen LogP contribution in [0.25, 0.3) is 6.08 Å². The van der Waals surface area contributed by atoms with Crippen LogP contribution in [0.1, 0.15) is 11.1 Å². The maximum Gasteiger partial charge on any atom is 0.203 e. The van der Waals surface area contributed by atoms with E-state index in [4.69, 9.17) is 14.2 Å². The molecule has 0 unspecified atom stereocenters. The van der Waals surface area contributed by atoms with Crippen molar-refractivity contribution in [2.75, 3.05) is 21.3 Å². The maximum absolute atomic E-state index is 13.7. The molecule has 0 fully saturated rings. The SMILES string of the molecule is COc1cc(CS(=O)(=O)C=Cc2c(F)c(F)c(F)c(F)c2F)cc(OC)c1OC. The van der Waals surface area contributed by atoms with Gasteiger partial charge in [-0.2, -0.15) is 0 Å². The summed E-state index contributed by atoms with van der Waals surface area (Å²) in [6.45, 7) is 0. The summed E-state index contributed by atoms with van der Waals surface area (Å²) in [7, 11) is -0.189. The van der Waals surface area contributed by atoms with E-state index in [2.05, 4.69) is 0 Å². The fourth-order valence-electron chi connectivity index (χ4n) is 2.44. The van der Waals surface area contributed by atoms with Crippen LogP contribution in [-0.2, 0) is 15.6 Å². The summed E-state index contributed by atoms with van der Waals surface area (Å²) in [5.74, 6) is -11.1. The fourth-order valence-corrected chi connectivity index (χ4v) is 3.51. The van der Waals surface area contributed by atoms with Crippen LogP contribution in [0.4, 0.5) is 22.0 Å². The third-order valence-electron chi connectivity index (χ3n) is 3.78. The van der Waals surface area contributed by atoms with Crippen LogP contribution in [0.2, 0.25) is 0 Å². The number of hydrogen-bond acceptors (Lipinski definition) is 5. The van der Waals surface area contributed by atoms with Gasteiger partial charge in [-0.3, -0.25) is 0 Å². The number of hydrogen-bond donors (Lipinski definition) is 0. The van der Waals surface area contributed by atoms with Crippen molar-refractivity contribution in [2.24, 2.45) is 0 Å². The number of sulfone groups is 1. The smallest absolute Gasteiger partial charge is 0.203 e. The Morgan fingerprint density at radius 1 is 0.793 bits per heavy atom. The summed E-state index contributed by atoms with van der Waals surface area (Å²) in [5, 5.41) is 0.356. The van der Waals surface area contributed by atoms with E-state index >= 15 is 0 Å². The van der Waals surface area contributed by atoms with Crippen molar-refractivity contribution in [3.63, 3.8) is 0 Å². The van der Waals surface area contributed by atoms with Crippen LogP contribution in [0.5, 0.6) is 17.2 Å². The van der Waals surface area contributed by atoms with E-state index in [-0.39, 0.29) is 22.8 Å². The van der Waals surface area contributed by atoms with Crippen molar-refractivity contribution in [3.8, 4) is 17.2 Å². The first-order valence-corrected chi connectivity index (χ1v) is 9.49. The second-order valence-corrected chi connectivity index (χ2v) is 7.51. The van der Waals surface area contributed by atoms with Crippen molar-refractivity contribution in [1.82, 2.24) is 0 Å². The Balaban J connectivity index is 2.42. The van der Waals surface area contributed by atoms with Gasteiger partial charge in [0.2, 0.25) is 11.6 Å². The zero-order valence-corrected chi connectivity index (χ0v) is 16.2. The molecule has 0 aliphatic carbocycles. The van der Waals surface area contributed by atoms with Gasteiger partial charge in [0.15, 0.2) is 44.6 Å². The molecule has 0 aliphatic heterocycles. The Hall–Kier alpha value is -2.82. The van der Waals surface area contributed by atoms with E-state index in [1.165, 1.54) is 33.5 Å². The number of benzene rings is 2. The van der Waals surface area contributed by atoms with E-state index in [0.717, 1.165) is 0 Å². The van der Waals surface area contributed by atoms with Crippen LogP contribution in [0.15, 0.2) is 17.5 Å². The molecular formula is C18H15F5O5S. The van der Waals surface area contributed by atoms with E-state index in [9.17, 15) is 30.4 Å². The fraction of sp³-hybridized carbons (Fsp3) is 0.222. The predicted molar refractivity (Wildman–Crippen MR) is 94.0 cm³/mol. The number of halogens is 5. The Labute approximate surface area is 163 Å². The quantitative estimate of drug-likeness (QED) is 0.372. The number of rotatable bonds is 7. The first-order chi connectivity index (χ1) is 13.6. The lowest BCUT2D eigenvalue weighted by atomic mass is 10.1. The molecule has 0 amide bonds. The third-order valence-corrected chi connectivity index (χ3v) is 5.06. The molecule has 0 saturated heterocycles. The number of ether oxygens (including phenoxy) is 3. The average Bonchev–Trinajstić information content (AvgIpc) is 2.69. The Morgan fingerprint density at radius 2 is 1.24 bits per heavy atom. The second-order valence-electron chi connectivity index (χ2n) is 5.63. The minimum atomic E-state index is -4.18. The molecule has 0 saturated carbocycles. The highest BCUT2D eigenvalue weighted by Gasteiger charge is 2.25. The summed E-state index contributed by atoms with van der Waals surface area (Å²) in [4.78, 5) is 0. The first kappa shape index (κ1) is 22.5. The van der Waals surface area contributed by atoms with Crippen LogP contribution < -0.4 is 14.2 Å². The molecule has 0 aromatic heterocycles. The molecule has 0 N–H and O–H groups in total. The lowest BCUT2D eigenvalue weighted by Gasteiger charge is -2.13. The van der Waals surface area contributed by atoms with E-state index in [1.54, 1.807) is 0 Å². The van der Waals surface area contributed by atoms with Crippen molar-refractivity contribution in [2.45, 2.75) is 5.75 Å². The predicted octanol–water partition coefficient (Wildman–Crippen LogP) is 3.99. The van der Waals surface area contributed by atoms with E-state index in [0.29, 0.717) is 11.5 Å². The molecule has 0 atom stereocenters. The van der Waals surface area contributed by atoms with Gasteiger partial charge in [-0.05, 0) is 23.8 Å². The molecule has 2 aromatic carbocycles. The highest BCUT2D eigenvalue weighted by atomic mass is 32.2. The first-order valence-electron chi connectivity index (χ1n) is 7.77. The Morgan fingerprint density at radius 3 is 1.66 bits per heavy atom. The van der Waals surface area contributed by atoms with Gasteiger partial charge in [0.25, 0.3) is 0 Å². The van der Waals surface area contributed by atoms with Gasteiger partial charge in [-0.1, -0.05) is 0 Å². The minimum Gasteiger partial charge on any atom is -0.493 e. The van der Waals surface area contributed by atoms with Gasteiger partial charge in [0, 0.05) is 5.41 Å². The largest absolute Gasteiger partial charge is 0.493 e. The van der Waals surface area contributed by atoms with Gasteiger partial charge < -0.3 is 14.2 Å². The van der Waals surface area contributed by atoms with Crippen molar-refractivity contribution >= 4 is 15.9 Å². The molecule has 0 radical (unpaired) electrons. The van der Waals surface area contributed by atoms with Gasteiger partial charge >= 0.3 is 0 Å². The molecule has 158 valence electrons. The van der Waals surface area contributed by atoms with Gasteiger partial charge in [-0.25, -0.2) is 30.4 Å². The molecule has 29 heavy (non-hydrogen) atoms. The summed E-state index contributed by atoms with van der Waals surface area (Å²) >= 11 is 0. The molecule has 5 nitrogen and oxygen atoms in total. The minimum absolute atomic E-state index is 0.167. The molecule has 0 spiro atoms. The molecule has 2 aromatic rings. The van der Waals surface area contributed by atoms with Crippen molar-refractivity contribution in [1.29, 1.82) is 0 Å². The molecule has 0 heterocycles. The van der Waals surface area contributed by atoms with Gasteiger partial charge in [0.1, 0.15) is 0 Å². The molecule has 0 aliphatic rings. The molecule has 2 rings (SSSR count). The number of methoxy groups -OCH3 is 3. The summed E-state index contributed by atoms with van der Waals surface area (Å²) < 4.78 is 107. The lowest BCUT2D eigenvalue weighted by molar-refractivity contribution is 0.324. The van der Waals surface area contributed by atoms with Crippen molar-refractivity contribution < 1.29 is 44.6 Å². The highest BCUT2D eigenvalue weighted by molar-refractivity contribution is 7.93. The van der Waals surface area contributed by atoms with Gasteiger partial charge in [-0.15, -0.1) is 0 Å². The Kier molecular flexibility index (Phi) is 6.73. The second kappa shape index (κ2) is 8.68. The molecule has 0 bridgehead atoms. The van der Waals surface area contributed by atoms with Crippen LogP contribution in [0, 0.1) is 29.1 Å². The summed E-state index contributed by atoms with van der Waals surface area (Å²) in [6.07, 6.45) is 0.309. The molecule has 11 heteroatoms. The summed E-state index contributed by atoms with van der Waals surface area (Å²) in [5.41, 5.74) is -1.20. The third kappa shape index (κ3) is 4.61. The lowest BCUT2D eigenvalue weighted by Crippen LogP contribution is -2.05. The monoisotopic (exact) mass is 438 g/mol. The van der Waals surface area contributed by atoms with E-state index < -0.39 is 50.2 Å². The maximum atomic E-state index is 13.7. The molecular weight excluding hydrogens is 423 g/mol. The van der Waals surface area contributed by atoms with Crippen LogP contribution >= 0.6 is 0 Å². The zero-order valence-electron chi connectivity index (χ0n) is 15.4. The zero-order chi connectivity index (χ0) is 21.9. The Bertz CT molecular complexity index is 1010. The van der Waals surface area contributed by atoms with E-state index in [1.807, 2.05) is 0 Å². The summed E-state index contributed by atoms with van der Waals surface area (Å²) in [6, 6.07) is 2.68. The topological polar surface area (TPSA) is 61.8 Å².